The maximum atomic E-state index is 11.9. The normalized spacial score (nSPS) is 36.7. The van der Waals surface area contributed by atoms with Crippen LogP contribution in [0.25, 0.3) is 0 Å². The molecule has 9 heteroatoms. The molecule has 4 aliphatic carbocycles. The van der Waals surface area contributed by atoms with Crippen molar-refractivity contribution in [2.24, 2.45) is 5.41 Å². The molecule has 1 heterocycles. The topological polar surface area (TPSA) is 62.6 Å². The van der Waals surface area contributed by atoms with Crippen LogP contribution in [0.3, 0.4) is 0 Å². The second-order valence-electron chi connectivity index (χ2n) is 7.00. The number of hydrogen-bond donors (Lipinski definition) is 0. The lowest BCUT2D eigenvalue weighted by Crippen LogP contribution is -2.71. The summed E-state index contributed by atoms with van der Waals surface area (Å²) in [5.74, 6) is -0.102. The van der Waals surface area contributed by atoms with Crippen LogP contribution in [0.2, 0.25) is 0 Å². The molecule has 132 valence electrons. The van der Waals surface area contributed by atoms with Crippen molar-refractivity contribution < 1.29 is 32.2 Å². The summed E-state index contributed by atoms with van der Waals surface area (Å²) in [5.41, 5.74) is 0.516. The molecule has 0 spiro atoms. The Labute approximate surface area is 135 Å². The van der Waals surface area contributed by atoms with Crippen LogP contribution in [0.4, 0.5) is 13.2 Å². The lowest BCUT2D eigenvalue weighted by molar-refractivity contribution is -0.350. The molecule has 0 aliphatic heterocycles. The smallest absolute Gasteiger partial charge is 0.469 e. The van der Waals surface area contributed by atoms with E-state index in [9.17, 15) is 18.0 Å². The van der Waals surface area contributed by atoms with Crippen LogP contribution in [0.5, 0.6) is 0 Å². The Morgan fingerprint density at radius 2 is 2.12 bits per heavy atom. The first kappa shape index (κ1) is 15.9. The Balaban J connectivity index is 1.30. The number of aromatic nitrogens is 2. The average molecular weight is 346 g/mol. The third-order valence-electron chi connectivity index (χ3n) is 5.37. The Morgan fingerprint density at radius 3 is 2.75 bits per heavy atom. The zero-order valence-corrected chi connectivity index (χ0v) is 13.0. The number of carbonyl (C=O) groups is 1. The van der Waals surface area contributed by atoms with Gasteiger partial charge in [-0.3, -0.25) is 14.2 Å². The summed E-state index contributed by atoms with van der Waals surface area (Å²) < 4.78 is 51.1. The average Bonchev–Trinajstić information content (AvgIpc) is 3.01. The van der Waals surface area contributed by atoms with Crippen LogP contribution in [0.1, 0.15) is 37.2 Å². The summed E-state index contributed by atoms with van der Waals surface area (Å²) in [7, 11) is 1.40. The quantitative estimate of drug-likeness (QED) is 0.584. The number of hydrogen-bond acceptors (Lipinski definition) is 5. The molecule has 0 amide bonds. The van der Waals surface area contributed by atoms with Gasteiger partial charge >= 0.3 is 12.3 Å². The molecule has 5 rings (SSSR count). The van der Waals surface area contributed by atoms with Gasteiger partial charge in [0.1, 0.15) is 0 Å². The second-order valence-corrected chi connectivity index (χ2v) is 7.00. The Hall–Kier alpha value is -1.61. The molecular weight excluding hydrogens is 329 g/mol. The summed E-state index contributed by atoms with van der Waals surface area (Å²) in [6.45, 7) is -0.787. The molecule has 0 saturated heterocycles. The number of halogens is 3. The molecule has 2 atom stereocenters. The maximum Gasteiger partial charge on any atom is 0.524 e. The monoisotopic (exact) mass is 346 g/mol. The molecule has 1 aromatic rings. The molecule has 0 aromatic carbocycles. The number of ether oxygens (including phenoxy) is 3. The van der Waals surface area contributed by atoms with Gasteiger partial charge in [-0.2, -0.15) is 5.10 Å². The highest BCUT2D eigenvalue weighted by Gasteiger charge is 2.74. The van der Waals surface area contributed by atoms with Crippen molar-refractivity contribution in [1.82, 2.24) is 9.78 Å². The molecule has 4 fully saturated rings. The van der Waals surface area contributed by atoms with E-state index >= 15 is 0 Å². The van der Waals surface area contributed by atoms with Crippen molar-refractivity contribution >= 4 is 5.97 Å². The van der Waals surface area contributed by atoms with E-state index in [0.29, 0.717) is 6.42 Å². The van der Waals surface area contributed by atoms with Crippen molar-refractivity contribution in [3.8, 4) is 0 Å². The summed E-state index contributed by atoms with van der Waals surface area (Å²) >= 11 is 0. The number of carbonyl (C=O) groups excluding carboxylic acids is 1. The van der Waals surface area contributed by atoms with Gasteiger partial charge in [-0.25, -0.2) is 0 Å². The van der Waals surface area contributed by atoms with E-state index in [1.165, 1.54) is 7.11 Å². The van der Waals surface area contributed by atoms with Crippen LogP contribution >= 0.6 is 0 Å². The third kappa shape index (κ3) is 2.41. The zero-order chi connectivity index (χ0) is 17.2. The molecule has 24 heavy (non-hydrogen) atoms. The van der Waals surface area contributed by atoms with Crippen molar-refractivity contribution in [3.05, 3.63) is 18.0 Å². The molecule has 1 aromatic heterocycles. The van der Waals surface area contributed by atoms with E-state index in [0.717, 1.165) is 24.8 Å². The number of methoxy groups -OCH3 is 1. The molecule has 4 saturated carbocycles. The van der Waals surface area contributed by atoms with Crippen LogP contribution in [0, 0.1) is 5.41 Å². The largest absolute Gasteiger partial charge is 0.524 e. The van der Waals surface area contributed by atoms with E-state index < -0.39 is 13.2 Å². The first-order valence-electron chi connectivity index (χ1n) is 7.73. The highest BCUT2D eigenvalue weighted by atomic mass is 19.4. The van der Waals surface area contributed by atoms with Gasteiger partial charge in [0.2, 0.25) is 0 Å². The molecule has 6 nitrogen and oxygen atoms in total. The number of alkyl halides is 3. The molecule has 0 N–H and O–H groups in total. The fraction of sp³-hybridized carbons (Fsp3) is 0.733. The van der Waals surface area contributed by atoms with E-state index in [1.54, 1.807) is 6.20 Å². The van der Waals surface area contributed by atoms with Crippen molar-refractivity contribution in [3.63, 3.8) is 0 Å². The van der Waals surface area contributed by atoms with Gasteiger partial charge in [0.25, 0.3) is 0 Å². The van der Waals surface area contributed by atoms with E-state index in [-0.39, 0.29) is 28.9 Å². The van der Waals surface area contributed by atoms with Gasteiger partial charge in [-0.05, 0) is 31.2 Å². The highest BCUT2D eigenvalue weighted by Crippen LogP contribution is 2.71. The van der Waals surface area contributed by atoms with Crippen molar-refractivity contribution in [1.29, 1.82) is 0 Å². The summed E-state index contributed by atoms with van der Waals surface area (Å²) in [5, 5.41) is 4.38. The fourth-order valence-corrected chi connectivity index (χ4v) is 4.09. The van der Waals surface area contributed by atoms with Gasteiger partial charge in [0.15, 0.2) is 6.79 Å². The Bertz CT molecular complexity index is 652. The summed E-state index contributed by atoms with van der Waals surface area (Å²) in [6, 6.07) is 0. The Kier molecular flexibility index (Phi) is 3.28. The summed E-state index contributed by atoms with van der Waals surface area (Å²) in [6.07, 6.45) is 1.57. The molecule has 2 bridgehead atoms. The van der Waals surface area contributed by atoms with E-state index in [1.807, 2.05) is 10.9 Å². The first-order chi connectivity index (χ1) is 11.3. The lowest BCUT2D eigenvalue weighted by atomic mass is 9.39. The molecular formula is C15H17F3N2O4. The molecule has 2 unspecified atom stereocenters. The zero-order valence-electron chi connectivity index (χ0n) is 13.0. The van der Waals surface area contributed by atoms with Gasteiger partial charge in [0, 0.05) is 12.1 Å². The van der Waals surface area contributed by atoms with E-state index in [2.05, 4.69) is 9.84 Å². The first-order valence-corrected chi connectivity index (χ1v) is 7.73. The fourth-order valence-electron chi connectivity index (χ4n) is 4.09. The summed E-state index contributed by atoms with van der Waals surface area (Å²) in [4.78, 5) is 11.7. The van der Waals surface area contributed by atoms with Crippen LogP contribution in [-0.2, 0) is 24.5 Å². The highest BCUT2D eigenvalue weighted by molar-refractivity contribution is 5.81. The van der Waals surface area contributed by atoms with Gasteiger partial charge in [-0.15, -0.1) is 13.2 Å². The van der Waals surface area contributed by atoms with E-state index in [4.69, 9.17) is 9.47 Å². The van der Waals surface area contributed by atoms with Crippen LogP contribution < -0.4 is 0 Å². The Morgan fingerprint density at radius 1 is 1.42 bits per heavy atom. The standard InChI is InChI=1S/C15H17F3N2O4/c1-22-12(21)13-5-14(6-13,7-13)20-4-9(3-19-20)10-2-11(10)23-8-24-15(16,17)18/h3-4,10-11H,2,5-8H2,1H3. The SMILES string of the molecule is COC(=O)C12CC(n3cc(C4CC4OCOC(F)(F)F)cn3)(C1)C2. The number of esters is 1. The van der Waals surface area contributed by atoms with Crippen LogP contribution in [-0.4, -0.2) is 42.1 Å². The lowest BCUT2D eigenvalue weighted by Gasteiger charge is -2.67. The minimum absolute atomic E-state index is 0.0532. The molecule has 0 radical (unpaired) electrons. The van der Waals surface area contributed by atoms with Crippen LogP contribution in [0.15, 0.2) is 12.4 Å². The molecule has 4 aliphatic rings. The number of rotatable bonds is 6. The van der Waals surface area contributed by atoms with Crippen molar-refractivity contribution in [2.75, 3.05) is 13.9 Å². The third-order valence-corrected chi connectivity index (χ3v) is 5.37. The predicted octanol–water partition coefficient (Wildman–Crippen LogP) is 2.30. The predicted molar refractivity (Wildman–Crippen MR) is 72.7 cm³/mol. The van der Waals surface area contributed by atoms with Crippen molar-refractivity contribution in [2.45, 2.75) is 49.6 Å². The van der Waals surface area contributed by atoms with Gasteiger partial charge < -0.3 is 9.47 Å². The number of nitrogens with zero attached hydrogens (tertiary/aromatic N) is 2. The van der Waals surface area contributed by atoms with Gasteiger partial charge in [-0.1, -0.05) is 0 Å². The minimum atomic E-state index is -4.67. The maximum absolute atomic E-state index is 11.9. The van der Waals surface area contributed by atoms with Gasteiger partial charge in [0.05, 0.1) is 30.4 Å². The minimum Gasteiger partial charge on any atom is -0.469 e. The second kappa shape index (κ2) is 4.95.